The lowest BCUT2D eigenvalue weighted by atomic mass is 10.2. The van der Waals surface area contributed by atoms with Crippen LogP contribution in [0.15, 0.2) is 53.7 Å². The highest BCUT2D eigenvalue weighted by Crippen LogP contribution is 2.24. The molecule has 0 saturated heterocycles. The summed E-state index contributed by atoms with van der Waals surface area (Å²) in [5.41, 5.74) is 5.24. The molecule has 0 aliphatic heterocycles. The molecule has 0 aliphatic carbocycles. The van der Waals surface area contributed by atoms with Crippen molar-refractivity contribution in [2.24, 2.45) is 0 Å². The van der Waals surface area contributed by atoms with Gasteiger partial charge in [-0.05, 0) is 31.0 Å². The maximum atomic E-state index is 4.61. The van der Waals surface area contributed by atoms with Gasteiger partial charge in [-0.15, -0.1) is 10.2 Å². The summed E-state index contributed by atoms with van der Waals surface area (Å²) >= 11 is 1.64. The molecule has 5 heteroatoms. The Bertz CT molecular complexity index is 963. The summed E-state index contributed by atoms with van der Waals surface area (Å²) in [6.45, 7) is 2.08. The molecule has 4 aromatic rings. The predicted octanol–water partition coefficient (Wildman–Crippen LogP) is 4.15. The molecule has 2 aromatic carbocycles. The summed E-state index contributed by atoms with van der Waals surface area (Å²) < 4.78 is 0. The Morgan fingerprint density at radius 1 is 1.04 bits per heavy atom. The number of H-pyrrole nitrogens is 1. The lowest BCUT2D eigenvalue weighted by molar-refractivity contribution is 0.877. The average Bonchev–Trinajstić information content (AvgIpc) is 2.93. The molecule has 0 saturated carbocycles. The number of thioether (sulfide) groups is 1. The summed E-state index contributed by atoms with van der Waals surface area (Å²) in [7, 11) is 0. The van der Waals surface area contributed by atoms with E-state index >= 15 is 0 Å². The first-order valence-electron chi connectivity index (χ1n) is 7.59. The second-order valence-corrected chi connectivity index (χ2v) is 6.61. The van der Waals surface area contributed by atoms with Crippen molar-refractivity contribution in [1.29, 1.82) is 0 Å². The molecule has 0 amide bonds. The molecule has 2 heterocycles. The summed E-state index contributed by atoms with van der Waals surface area (Å²) in [6, 6.07) is 16.7. The van der Waals surface area contributed by atoms with Crippen molar-refractivity contribution in [2.45, 2.75) is 18.5 Å². The Kier molecular flexibility index (Phi) is 3.71. The number of hydrogen-bond acceptors (Lipinski definition) is 4. The smallest absolute Gasteiger partial charge is 0.211 e. The van der Waals surface area contributed by atoms with Crippen LogP contribution in [0.3, 0.4) is 0 Å². The van der Waals surface area contributed by atoms with Gasteiger partial charge in [-0.25, -0.2) is 4.98 Å². The number of hydrogen-bond donors (Lipinski definition) is 1. The zero-order valence-corrected chi connectivity index (χ0v) is 13.6. The van der Waals surface area contributed by atoms with Crippen LogP contribution in [0.5, 0.6) is 0 Å². The predicted molar refractivity (Wildman–Crippen MR) is 94.8 cm³/mol. The minimum atomic E-state index is 0.719. The molecule has 114 valence electrons. The van der Waals surface area contributed by atoms with Crippen LogP contribution in [0.1, 0.15) is 11.1 Å². The third-order valence-corrected chi connectivity index (χ3v) is 4.65. The summed E-state index contributed by atoms with van der Waals surface area (Å²) in [4.78, 5) is 7.93. The molecular weight excluding hydrogens is 304 g/mol. The van der Waals surface area contributed by atoms with E-state index < -0.39 is 0 Å². The van der Waals surface area contributed by atoms with Crippen molar-refractivity contribution >= 4 is 33.8 Å². The first-order chi connectivity index (χ1) is 11.3. The largest absolute Gasteiger partial charge is 0.338 e. The fraction of sp³-hybridized carbons (Fsp3) is 0.167. The minimum Gasteiger partial charge on any atom is -0.338 e. The number of aromatic nitrogens is 4. The van der Waals surface area contributed by atoms with Gasteiger partial charge < -0.3 is 4.98 Å². The van der Waals surface area contributed by atoms with E-state index in [-0.39, 0.29) is 0 Å². The van der Waals surface area contributed by atoms with Gasteiger partial charge in [-0.2, -0.15) is 0 Å². The van der Waals surface area contributed by atoms with Gasteiger partial charge in [0, 0.05) is 16.7 Å². The molecule has 1 N–H and O–H groups in total. The highest BCUT2D eigenvalue weighted by molar-refractivity contribution is 7.99. The maximum absolute atomic E-state index is 4.61. The molecule has 0 spiro atoms. The van der Waals surface area contributed by atoms with Crippen molar-refractivity contribution in [3.05, 3.63) is 59.7 Å². The first-order valence-corrected chi connectivity index (χ1v) is 8.58. The van der Waals surface area contributed by atoms with Crippen LogP contribution in [0.2, 0.25) is 0 Å². The number of fused-ring (bicyclic) bond motifs is 3. The second kappa shape index (κ2) is 6.01. The molecule has 2 aromatic heterocycles. The van der Waals surface area contributed by atoms with Crippen LogP contribution >= 0.6 is 11.8 Å². The van der Waals surface area contributed by atoms with Gasteiger partial charge in [-0.3, -0.25) is 0 Å². The number of nitrogens with zero attached hydrogens (tertiary/aromatic N) is 3. The van der Waals surface area contributed by atoms with Crippen molar-refractivity contribution in [1.82, 2.24) is 20.2 Å². The fourth-order valence-corrected chi connectivity index (χ4v) is 3.41. The van der Waals surface area contributed by atoms with E-state index in [2.05, 4.69) is 69.6 Å². The van der Waals surface area contributed by atoms with Crippen molar-refractivity contribution in [3.63, 3.8) is 0 Å². The number of nitrogens with one attached hydrogen (secondary N) is 1. The molecule has 4 rings (SSSR count). The molecule has 0 unspecified atom stereocenters. The normalized spacial score (nSPS) is 11.3. The quantitative estimate of drug-likeness (QED) is 0.574. The average molecular weight is 320 g/mol. The summed E-state index contributed by atoms with van der Waals surface area (Å²) in [6.07, 6.45) is 0.999. The van der Waals surface area contributed by atoms with Crippen LogP contribution in [-0.2, 0) is 6.42 Å². The molecule has 0 radical (unpaired) electrons. The molecular formula is C18H16N4S. The van der Waals surface area contributed by atoms with Gasteiger partial charge in [0.25, 0.3) is 0 Å². The second-order valence-electron chi connectivity index (χ2n) is 5.55. The van der Waals surface area contributed by atoms with Gasteiger partial charge in [-0.1, -0.05) is 53.7 Å². The molecule has 4 nitrogen and oxygen atoms in total. The zero-order valence-electron chi connectivity index (χ0n) is 12.8. The number of rotatable bonds is 4. The van der Waals surface area contributed by atoms with Gasteiger partial charge in [0.05, 0.1) is 0 Å². The Morgan fingerprint density at radius 3 is 2.78 bits per heavy atom. The third kappa shape index (κ3) is 2.92. The van der Waals surface area contributed by atoms with Gasteiger partial charge in [0.2, 0.25) is 5.16 Å². The Hall–Kier alpha value is -2.40. The van der Waals surface area contributed by atoms with E-state index in [0.29, 0.717) is 0 Å². The Balaban J connectivity index is 1.55. The van der Waals surface area contributed by atoms with E-state index in [0.717, 1.165) is 39.4 Å². The van der Waals surface area contributed by atoms with Crippen LogP contribution in [0, 0.1) is 6.92 Å². The van der Waals surface area contributed by atoms with Crippen molar-refractivity contribution < 1.29 is 0 Å². The zero-order chi connectivity index (χ0) is 15.6. The third-order valence-electron chi connectivity index (χ3n) is 3.82. The molecule has 0 atom stereocenters. The van der Waals surface area contributed by atoms with Gasteiger partial charge >= 0.3 is 0 Å². The lowest BCUT2D eigenvalue weighted by Crippen LogP contribution is -1.94. The number of benzene rings is 2. The van der Waals surface area contributed by atoms with Crippen LogP contribution in [0.25, 0.3) is 22.1 Å². The lowest BCUT2D eigenvalue weighted by Gasteiger charge is -2.00. The Labute approximate surface area is 138 Å². The number of aryl methyl sites for hydroxylation is 2. The highest BCUT2D eigenvalue weighted by Gasteiger charge is 2.09. The van der Waals surface area contributed by atoms with E-state index in [1.807, 2.05) is 6.07 Å². The SMILES string of the molecule is Cc1ccc2[nH]c3nc(SCCc4ccccc4)nnc3c2c1. The Morgan fingerprint density at radius 2 is 1.91 bits per heavy atom. The number of aromatic amines is 1. The minimum absolute atomic E-state index is 0.719. The van der Waals surface area contributed by atoms with E-state index in [1.54, 1.807) is 11.8 Å². The standard InChI is InChI=1S/C18H16N4S/c1-12-7-8-15-14(11-12)16-17(19-15)20-18(22-21-16)23-10-9-13-5-3-2-4-6-13/h2-8,11H,9-10H2,1H3,(H,19,20,22). The van der Waals surface area contributed by atoms with E-state index in [4.69, 9.17) is 0 Å². The van der Waals surface area contributed by atoms with E-state index in [1.165, 1.54) is 11.1 Å². The molecule has 0 aliphatic rings. The fourth-order valence-electron chi connectivity index (χ4n) is 2.64. The molecule has 0 bridgehead atoms. The van der Waals surface area contributed by atoms with Crippen molar-refractivity contribution in [3.8, 4) is 0 Å². The van der Waals surface area contributed by atoms with Crippen LogP contribution in [-0.4, -0.2) is 25.9 Å². The summed E-state index contributed by atoms with van der Waals surface area (Å²) in [5.74, 6) is 0.941. The molecule has 23 heavy (non-hydrogen) atoms. The van der Waals surface area contributed by atoms with Crippen LogP contribution < -0.4 is 0 Å². The highest BCUT2D eigenvalue weighted by atomic mass is 32.2. The molecule has 0 fully saturated rings. The summed E-state index contributed by atoms with van der Waals surface area (Å²) in [5, 5.41) is 10.4. The van der Waals surface area contributed by atoms with Crippen molar-refractivity contribution in [2.75, 3.05) is 5.75 Å². The first kappa shape index (κ1) is 14.2. The van der Waals surface area contributed by atoms with Gasteiger partial charge in [0.1, 0.15) is 5.52 Å². The topological polar surface area (TPSA) is 54.5 Å². The van der Waals surface area contributed by atoms with Crippen LogP contribution in [0.4, 0.5) is 0 Å². The monoisotopic (exact) mass is 320 g/mol. The maximum Gasteiger partial charge on any atom is 0.211 e. The van der Waals surface area contributed by atoms with Gasteiger partial charge in [0.15, 0.2) is 5.65 Å². The van der Waals surface area contributed by atoms with E-state index in [9.17, 15) is 0 Å².